The third-order valence-corrected chi connectivity index (χ3v) is 0.805. The van der Waals surface area contributed by atoms with Crippen LogP contribution in [0, 0.1) is 0 Å². The summed E-state index contributed by atoms with van der Waals surface area (Å²) in [5, 5.41) is 32.5. The van der Waals surface area contributed by atoms with Crippen molar-refractivity contribution in [1.82, 2.24) is 0 Å². The molecule has 12 heteroatoms. The van der Waals surface area contributed by atoms with Gasteiger partial charge in [0.15, 0.2) is 12.2 Å². The summed E-state index contributed by atoms with van der Waals surface area (Å²) in [6, 6.07) is 0. The van der Waals surface area contributed by atoms with Crippen LogP contribution in [0.1, 0.15) is 0 Å². The minimum atomic E-state index is -5.17. The molecule has 0 heterocycles. The topological polar surface area (TPSA) is 195 Å². The third kappa shape index (κ3) is 15.7. The molecule has 0 aromatic heterocycles. The first kappa shape index (κ1) is 20.6. The van der Waals surface area contributed by atoms with Gasteiger partial charge in [-0.1, -0.05) is 0 Å². The molecule has 2 atom stereocenters. The Balaban J connectivity index is -0.000000242. The molecule has 0 fully saturated rings. The van der Waals surface area contributed by atoms with Crippen LogP contribution >= 0.6 is 0 Å². The van der Waals surface area contributed by atoms with Crippen LogP contribution in [0.15, 0.2) is 0 Å². The van der Waals surface area contributed by atoms with Crippen molar-refractivity contribution >= 4 is 22.3 Å². The van der Waals surface area contributed by atoms with Crippen LogP contribution in [0.2, 0.25) is 0 Å². The SMILES string of the molecule is O=C(O)C(O)C(O)C(=O)O.O=S(=O)([O-])[O-].[Cu+2]. The molecule has 0 spiro atoms. The molecule has 0 amide bonds. The van der Waals surface area contributed by atoms with E-state index in [4.69, 9.17) is 37.9 Å². The van der Waals surface area contributed by atoms with Crippen molar-refractivity contribution in [3.05, 3.63) is 0 Å². The Morgan fingerprint density at radius 2 is 1.06 bits per heavy atom. The fourth-order valence-corrected chi connectivity index (χ4v) is 0.270. The minimum absolute atomic E-state index is 0. The molecule has 0 saturated heterocycles. The maximum Gasteiger partial charge on any atom is 2.00 e. The summed E-state index contributed by atoms with van der Waals surface area (Å²) in [5.41, 5.74) is 0. The van der Waals surface area contributed by atoms with E-state index in [1.165, 1.54) is 0 Å². The Labute approximate surface area is 99.6 Å². The first-order chi connectivity index (χ1) is 6.46. The largest absolute Gasteiger partial charge is 2.00 e. The number of hydrogen-bond donors (Lipinski definition) is 4. The van der Waals surface area contributed by atoms with E-state index < -0.39 is 34.5 Å². The molecule has 0 aliphatic heterocycles. The summed E-state index contributed by atoms with van der Waals surface area (Å²) in [7, 11) is -5.17. The maximum absolute atomic E-state index is 9.77. The van der Waals surface area contributed by atoms with E-state index in [0.717, 1.165) is 0 Å². The smallest absolute Gasteiger partial charge is 0.759 e. The third-order valence-electron chi connectivity index (χ3n) is 0.805. The fourth-order valence-electron chi connectivity index (χ4n) is 0.270. The van der Waals surface area contributed by atoms with Crippen molar-refractivity contribution in [2.75, 3.05) is 0 Å². The standard InChI is InChI=1S/C4H6O6.Cu.H2O4S/c5-1(3(7)8)2(6)4(9)10;;1-5(2,3)4/h1-2,5-6H,(H,7,8)(H,9,10);;(H2,1,2,3,4)/q;+2;/p-2. The van der Waals surface area contributed by atoms with Gasteiger partial charge < -0.3 is 29.5 Å². The van der Waals surface area contributed by atoms with Crippen LogP contribution < -0.4 is 0 Å². The molecular formula is C4H6CuO10S. The number of aliphatic carboxylic acids is 2. The number of aliphatic hydroxyl groups excluding tert-OH is 2. The summed E-state index contributed by atoms with van der Waals surface area (Å²) < 4.78 is 34.1. The Kier molecular flexibility index (Phi) is 10.8. The number of carboxylic acids is 2. The van der Waals surface area contributed by atoms with Gasteiger partial charge in [0.1, 0.15) is 0 Å². The zero-order valence-electron chi connectivity index (χ0n) is 7.10. The number of carbonyl (C=O) groups is 2. The van der Waals surface area contributed by atoms with Gasteiger partial charge in [0.05, 0.1) is 0 Å². The fraction of sp³-hybridized carbons (Fsp3) is 0.500. The van der Waals surface area contributed by atoms with Crippen LogP contribution in [0.5, 0.6) is 0 Å². The number of hydrogen-bond acceptors (Lipinski definition) is 8. The quantitative estimate of drug-likeness (QED) is 0.231. The number of carboxylic acid groups (broad SMARTS) is 2. The molecule has 0 aromatic carbocycles. The molecule has 99 valence electrons. The molecule has 0 bridgehead atoms. The van der Waals surface area contributed by atoms with Gasteiger partial charge in [0, 0.05) is 10.4 Å². The monoisotopic (exact) mass is 309 g/mol. The Morgan fingerprint density at radius 3 is 1.12 bits per heavy atom. The van der Waals surface area contributed by atoms with Crippen molar-refractivity contribution < 1.29 is 64.6 Å². The van der Waals surface area contributed by atoms with Crippen LogP contribution in [0.3, 0.4) is 0 Å². The van der Waals surface area contributed by atoms with Gasteiger partial charge in [-0.2, -0.15) is 0 Å². The maximum atomic E-state index is 9.77. The van der Waals surface area contributed by atoms with E-state index in [1.807, 2.05) is 0 Å². The van der Waals surface area contributed by atoms with Gasteiger partial charge >= 0.3 is 29.0 Å². The van der Waals surface area contributed by atoms with E-state index in [9.17, 15) is 9.59 Å². The van der Waals surface area contributed by atoms with Crippen LogP contribution in [0.25, 0.3) is 0 Å². The molecule has 0 aliphatic carbocycles. The summed E-state index contributed by atoms with van der Waals surface area (Å²) in [5.74, 6) is -3.54. The second-order valence-corrected chi connectivity index (χ2v) is 2.79. The first-order valence-electron chi connectivity index (χ1n) is 2.95. The second-order valence-electron chi connectivity index (χ2n) is 1.97. The van der Waals surface area contributed by atoms with E-state index in [-0.39, 0.29) is 17.1 Å². The van der Waals surface area contributed by atoms with Gasteiger partial charge in [-0.05, 0) is 0 Å². The van der Waals surface area contributed by atoms with Crippen molar-refractivity contribution in [2.24, 2.45) is 0 Å². The number of rotatable bonds is 3. The van der Waals surface area contributed by atoms with Gasteiger partial charge in [-0.3, -0.25) is 8.42 Å². The average Bonchev–Trinajstić information content (AvgIpc) is 1.98. The summed E-state index contributed by atoms with van der Waals surface area (Å²) in [4.78, 5) is 19.5. The van der Waals surface area contributed by atoms with E-state index >= 15 is 0 Å². The molecule has 4 N–H and O–H groups in total. The Morgan fingerprint density at radius 1 is 0.938 bits per heavy atom. The van der Waals surface area contributed by atoms with Crippen molar-refractivity contribution in [1.29, 1.82) is 0 Å². The van der Waals surface area contributed by atoms with Gasteiger partial charge in [-0.25, -0.2) is 9.59 Å². The predicted octanol–water partition coefficient (Wildman–Crippen LogP) is -3.46. The Hall–Kier alpha value is -0.751. The zero-order valence-corrected chi connectivity index (χ0v) is 8.86. The molecule has 0 aliphatic rings. The number of aliphatic hydroxyl groups is 2. The second kappa shape index (κ2) is 8.41. The van der Waals surface area contributed by atoms with E-state index in [1.54, 1.807) is 0 Å². The van der Waals surface area contributed by atoms with Gasteiger partial charge in [0.2, 0.25) is 0 Å². The molecule has 1 radical (unpaired) electrons. The van der Waals surface area contributed by atoms with E-state index in [0.29, 0.717) is 0 Å². The van der Waals surface area contributed by atoms with Crippen molar-refractivity contribution in [2.45, 2.75) is 12.2 Å². The molecule has 2 unspecified atom stereocenters. The molecule has 0 saturated carbocycles. The summed E-state index contributed by atoms with van der Waals surface area (Å²) in [6.45, 7) is 0. The van der Waals surface area contributed by atoms with Crippen LogP contribution in [-0.4, -0.2) is 62.1 Å². The van der Waals surface area contributed by atoms with Gasteiger partial charge in [-0.15, -0.1) is 0 Å². The molecule has 10 nitrogen and oxygen atoms in total. The van der Waals surface area contributed by atoms with E-state index in [2.05, 4.69) is 0 Å². The molecule has 0 aromatic rings. The van der Waals surface area contributed by atoms with Gasteiger partial charge in [0.25, 0.3) is 0 Å². The zero-order chi connectivity index (χ0) is 12.8. The summed E-state index contributed by atoms with van der Waals surface area (Å²) in [6.07, 6.45) is -4.53. The summed E-state index contributed by atoms with van der Waals surface area (Å²) >= 11 is 0. The Bertz CT molecular complexity index is 296. The molecule has 0 rings (SSSR count). The minimum Gasteiger partial charge on any atom is -0.759 e. The van der Waals surface area contributed by atoms with Crippen molar-refractivity contribution in [3.8, 4) is 0 Å². The average molecular weight is 310 g/mol. The first-order valence-corrected chi connectivity index (χ1v) is 4.28. The molecule has 16 heavy (non-hydrogen) atoms. The van der Waals surface area contributed by atoms with Crippen LogP contribution in [-0.2, 0) is 37.1 Å². The van der Waals surface area contributed by atoms with Crippen molar-refractivity contribution in [3.63, 3.8) is 0 Å². The van der Waals surface area contributed by atoms with Crippen LogP contribution in [0.4, 0.5) is 0 Å². The predicted molar refractivity (Wildman–Crippen MR) is 37.8 cm³/mol. The normalized spacial score (nSPS) is 13.5. The molecular weight excluding hydrogens is 304 g/mol.